The number of hydrogen-bond acceptors (Lipinski definition) is 1. The maximum atomic E-state index is 4.72. The molecule has 120 valence electrons. The third kappa shape index (κ3) is 1.89. The van der Waals surface area contributed by atoms with Gasteiger partial charge >= 0.3 is 0 Å². The SMILES string of the molecule is Cc1ccc2c(c1-c1cccc(C)[n+]1C)C(C)(C)c1ncccc1-2. The first-order valence-electron chi connectivity index (χ1n) is 8.49. The molecule has 1 aliphatic carbocycles. The molecule has 1 aliphatic rings. The summed E-state index contributed by atoms with van der Waals surface area (Å²) in [6, 6.07) is 15.3. The van der Waals surface area contributed by atoms with Crippen molar-refractivity contribution >= 4 is 0 Å². The van der Waals surface area contributed by atoms with Gasteiger partial charge in [0.05, 0.1) is 11.3 Å². The van der Waals surface area contributed by atoms with Gasteiger partial charge in [-0.25, -0.2) is 0 Å². The Morgan fingerprint density at radius 1 is 0.917 bits per heavy atom. The van der Waals surface area contributed by atoms with Gasteiger partial charge in [-0.1, -0.05) is 32.0 Å². The second-order valence-corrected chi connectivity index (χ2v) is 7.32. The number of rotatable bonds is 1. The normalized spacial score (nSPS) is 14.4. The van der Waals surface area contributed by atoms with Crippen LogP contribution < -0.4 is 4.57 Å². The predicted octanol–water partition coefficient (Wildman–Crippen LogP) is 4.50. The molecule has 24 heavy (non-hydrogen) atoms. The van der Waals surface area contributed by atoms with Gasteiger partial charge in [0.2, 0.25) is 5.69 Å². The van der Waals surface area contributed by atoms with Crippen LogP contribution in [-0.2, 0) is 12.5 Å². The van der Waals surface area contributed by atoms with Gasteiger partial charge in [-0.05, 0) is 35.7 Å². The van der Waals surface area contributed by atoms with Crippen LogP contribution in [0.1, 0.15) is 36.4 Å². The molecule has 0 fully saturated rings. The molecule has 2 nitrogen and oxygen atoms in total. The van der Waals surface area contributed by atoms with E-state index in [9.17, 15) is 0 Å². The zero-order valence-corrected chi connectivity index (χ0v) is 15.0. The highest BCUT2D eigenvalue weighted by Gasteiger charge is 2.40. The Labute approximate surface area is 143 Å². The molecule has 2 heteroatoms. The quantitative estimate of drug-likeness (QED) is 0.604. The largest absolute Gasteiger partial charge is 0.260 e. The van der Waals surface area contributed by atoms with E-state index in [2.05, 4.69) is 75.7 Å². The highest BCUT2D eigenvalue weighted by molar-refractivity contribution is 5.87. The summed E-state index contributed by atoms with van der Waals surface area (Å²) in [4.78, 5) is 4.72. The van der Waals surface area contributed by atoms with Gasteiger partial charge in [0.25, 0.3) is 0 Å². The second kappa shape index (κ2) is 5.01. The van der Waals surface area contributed by atoms with E-state index in [0.717, 1.165) is 0 Å². The number of hydrogen-bond donors (Lipinski definition) is 0. The molecule has 0 spiro atoms. The van der Waals surface area contributed by atoms with Crippen LogP contribution in [0.3, 0.4) is 0 Å². The van der Waals surface area contributed by atoms with Crippen LogP contribution in [0.4, 0.5) is 0 Å². The van der Waals surface area contributed by atoms with Crippen LogP contribution in [0.15, 0.2) is 48.7 Å². The summed E-state index contributed by atoms with van der Waals surface area (Å²) in [6.45, 7) is 8.96. The average molecular weight is 315 g/mol. The lowest BCUT2D eigenvalue weighted by molar-refractivity contribution is -0.666. The highest BCUT2D eigenvalue weighted by atomic mass is 14.9. The molecule has 0 N–H and O–H groups in total. The van der Waals surface area contributed by atoms with Gasteiger partial charge in [0.1, 0.15) is 7.05 Å². The number of fused-ring (bicyclic) bond motifs is 3. The molecule has 2 heterocycles. The van der Waals surface area contributed by atoms with E-state index < -0.39 is 0 Å². The summed E-state index contributed by atoms with van der Waals surface area (Å²) in [5.41, 5.74) is 10.3. The van der Waals surface area contributed by atoms with E-state index >= 15 is 0 Å². The van der Waals surface area contributed by atoms with Crippen LogP contribution in [-0.4, -0.2) is 4.98 Å². The fraction of sp³-hybridized carbons (Fsp3) is 0.273. The Hall–Kier alpha value is -2.48. The first-order valence-corrected chi connectivity index (χ1v) is 8.49. The summed E-state index contributed by atoms with van der Waals surface area (Å²) in [5.74, 6) is 0. The number of aromatic nitrogens is 2. The predicted molar refractivity (Wildman–Crippen MR) is 97.9 cm³/mol. The van der Waals surface area contributed by atoms with Crippen molar-refractivity contribution in [3.8, 4) is 22.4 Å². The van der Waals surface area contributed by atoms with Crippen molar-refractivity contribution < 1.29 is 4.57 Å². The molecule has 0 saturated carbocycles. The van der Waals surface area contributed by atoms with E-state index in [1.807, 2.05) is 12.3 Å². The maximum absolute atomic E-state index is 4.72. The van der Waals surface area contributed by atoms with Crippen LogP contribution in [0.2, 0.25) is 0 Å². The summed E-state index contributed by atoms with van der Waals surface area (Å²) in [7, 11) is 2.15. The van der Waals surface area contributed by atoms with Gasteiger partial charge in [0, 0.05) is 36.2 Å². The van der Waals surface area contributed by atoms with Gasteiger partial charge in [0.15, 0.2) is 5.69 Å². The van der Waals surface area contributed by atoms with Crippen LogP contribution in [0.25, 0.3) is 22.4 Å². The molecule has 0 amide bonds. The van der Waals surface area contributed by atoms with Crippen molar-refractivity contribution in [1.82, 2.24) is 4.98 Å². The smallest absolute Gasteiger partial charge is 0.213 e. The molecule has 0 radical (unpaired) electrons. The minimum Gasteiger partial charge on any atom is -0.260 e. The fourth-order valence-corrected chi connectivity index (χ4v) is 4.09. The summed E-state index contributed by atoms with van der Waals surface area (Å²) in [6.07, 6.45) is 1.91. The lowest BCUT2D eigenvalue weighted by atomic mass is 9.80. The Morgan fingerprint density at radius 3 is 2.50 bits per heavy atom. The molecule has 4 rings (SSSR count). The van der Waals surface area contributed by atoms with E-state index in [1.165, 1.54) is 44.9 Å². The van der Waals surface area contributed by atoms with Crippen molar-refractivity contribution in [2.75, 3.05) is 0 Å². The fourth-order valence-electron chi connectivity index (χ4n) is 4.09. The Balaban J connectivity index is 2.12. The lowest BCUT2D eigenvalue weighted by Crippen LogP contribution is -2.35. The van der Waals surface area contributed by atoms with Crippen LogP contribution in [0, 0.1) is 13.8 Å². The molecule has 0 atom stereocenters. The van der Waals surface area contributed by atoms with E-state index in [-0.39, 0.29) is 5.41 Å². The average Bonchev–Trinajstić information content (AvgIpc) is 2.79. The topological polar surface area (TPSA) is 16.8 Å². The zero-order valence-electron chi connectivity index (χ0n) is 15.0. The molecule has 0 unspecified atom stereocenters. The first-order chi connectivity index (χ1) is 11.4. The molecular formula is C22H23N2+. The molecular weight excluding hydrogens is 292 g/mol. The maximum Gasteiger partial charge on any atom is 0.213 e. The third-order valence-corrected chi connectivity index (χ3v) is 5.47. The minimum atomic E-state index is -0.0932. The summed E-state index contributed by atoms with van der Waals surface area (Å²) < 4.78 is 2.29. The molecule has 3 aromatic rings. The standard InChI is InChI=1S/C22H23N2/c1-14-11-12-16-17-9-7-13-23-21(17)22(3,4)20(16)19(14)18-10-6-8-15(2)24(18)5/h6-13H,1-5H3/q+1. The van der Waals surface area contributed by atoms with Crippen molar-refractivity contribution in [2.24, 2.45) is 7.05 Å². The van der Waals surface area contributed by atoms with E-state index in [1.54, 1.807) is 0 Å². The number of aryl methyl sites for hydroxylation is 2. The Kier molecular flexibility index (Phi) is 3.14. The summed E-state index contributed by atoms with van der Waals surface area (Å²) in [5, 5.41) is 0. The Morgan fingerprint density at radius 2 is 1.71 bits per heavy atom. The lowest BCUT2D eigenvalue weighted by Gasteiger charge is -2.23. The number of pyridine rings is 2. The Bertz CT molecular complexity index is 968. The second-order valence-electron chi connectivity index (χ2n) is 7.32. The molecule has 2 aromatic heterocycles. The monoisotopic (exact) mass is 315 g/mol. The number of benzene rings is 1. The van der Waals surface area contributed by atoms with Gasteiger partial charge in [-0.3, -0.25) is 4.98 Å². The van der Waals surface area contributed by atoms with Crippen molar-refractivity contribution in [2.45, 2.75) is 33.1 Å². The molecule has 0 aliphatic heterocycles. The van der Waals surface area contributed by atoms with E-state index in [4.69, 9.17) is 4.98 Å². The van der Waals surface area contributed by atoms with Crippen molar-refractivity contribution in [3.05, 3.63) is 71.2 Å². The van der Waals surface area contributed by atoms with Gasteiger partial charge < -0.3 is 0 Å². The van der Waals surface area contributed by atoms with Gasteiger partial charge in [-0.2, -0.15) is 4.57 Å². The van der Waals surface area contributed by atoms with E-state index in [0.29, 0.717) is 0 Å². The van der Waals surface area contributed by atoms with Gasteiger partial charge in [-0.15, -0.1) is 0 Å². The highest BCUT2D eigenvalue weighted by Crippen LogP contribution is 2.51. The van der Waals surface area contributed by atoms with Crippen molar-refractivity contribution in [3.63, 3.8) is 0 Å². The zero-order chi connectivity index (χ0) is 17.1. The van der Waals surface area contributed by atoms with Crippen LogP contribution >= 0.6 is 0 Å². The molecule has 0 bridgehead atoms. The molecule has 0 saturated heterocycles. The summed E-state index contributed by atoms with van der Waals surface area (Å²) >= 11 is 0. The first kappa shape index (κ1) is 15.1. The number of nitrogens with zero attached hydrogens (tertiary/aromatic N) is 2. The molecule has 1 aromatic carbocycles. The third-order valence-electron chi connectivity index (χ3n) is 5.47. The van der Waals surface area contributed by atoms with Crippen molar-refractivity contribution in [1.29, 1.82) is 0 Å². The van der Waals surface area contributed by atoms with Crippen LogP contribution in [0.5, 0.6) is 0 Å². The minimum absolute atomic E-state index is 0.0932.